The van der Waals surface area contributed by atoms with Gasteiger partial charge in [0.25, 0.3) is 5.69 Å². The van der Waals surface area contributed by atoms with E-state index >= 15 is 0 Å². The number of fused-ring (bicyclic) bond motifs is 1. The first-order valence-corrected chi connectivity index (χ1v) is 8.80. The molecule has 1 saturated heterocycles. The van der Waals surface area contributed by atoms with Crippen LogP contribution in [0.4, 0.5) is 15.8 Å². The zero-order valence-corrected chi connectivity index (χ0v) is 14.5. The number of nitro groups is 1. The van der Waals surface area contributed by atoms with Crippen molar-refractivity contribution in [2.75, 3.05) is 18.0 Å². The number of halogens is 1. The van der Waals surface area contributed by atoms with E-state index in [0.717, 1.165) is 37.0 Å². The van der Waals surface area contributed by atoms with Gasteiger partial charge in [-0.1, -0.05) is 0 Å². The fourth-order valence-corrected chi connectivity index (χ4v) is 3.51. The number of non-ortho nitro benzene ring substituents is 1. The number of benzene rings is 2. The van der Waals surface area contributed by atoms with Gasteiger partial charge in [0.1, 0.15) is 17.7 Å². The molecule has 0 atom stereocenters. The summed E-state index contributed by atoms with van der Waals surface area (Å²) in [5.74, 6) is 0.387. The topological polar surface area (TPSA) is 68.5 Å². The quantitative estimate of drug-likeness (QED) is 0.507. The van der Waals surface area contributed by atoms with Crippen molar-refractivity contribution in [3.05, 3.63) is 70.8 Å². The van der Waals surface area contributed by atoms with Gasteiger partial charge in [-0.3, -0.25) is 15.1 Å². The van der Waals surface area contributed by atoms with Crippen molar-refractivity contribution in [1.29, 1.82) is 0 Å². The molecule has 0 spiro atoms. The van der Waals surface area contributed by atoms with Gasteiger partial charge in [0, 0.05) is 55.5 Å². The van der Waals surface area contributed by atoms with Crippen molar-refractivity contribution in [2.24, 2.45) is 0 Å². The zero-order chi connectivity index (χ0) is 18.8. The number of hydrogen-bond donors (Lipinski definition) is 0. The van der Waals surface area contributed by atoms with Crippen LogP contribution in [0.25, 0.3) is 10.8 Å². The molecule has 0 N–H and O–H groups in total. The van der Waals surface area contributed by atoms with E-state index < -0.39 is 0 Å². The minimum atomic E-state index is -0.378. The Kier molecular flexibility index (Phi) is 4.58. The van der Waals surface area contributed by atoms with Gasteiger partial charge < -0.3 is 9.64 Å². The summed E-state index contributed by atoms with van der Waals surface area (Å²) in [4.78, 5) is 17.1. The maximum Gasteiger partial charge on any atom is 0.278 e. The lowest BCUT2D eigenvalue weighted by Gasteiger charge is -2.34. The van der Waals surface area contributed by atoms with Gasteiger partial charge in [-0.15, -0.1) is 0 Å². The molecular formula is C20H18FN3O3. The van der Waals surface area contributed by atoms with Gasteiger partial charge in [-0.25, -0.2) is 4.39 Å². The number of ether oxygens (including phenoxy) is 1. The van der Waals surface area contributed by atoms with E-state index in [4.69, 9.17) is 4.74 Å². The summed E-state index contributed by atoms with van der Waals surface area (Å²) >= 11 is 0. The first kappa shape index (κ1) is 17.2. The number of piperidine rings is 1. The van der Waals surface area contributed by atoms with Crippen LogP contribution in [0.2, 0.25) is 0 Å². The van der Waals surface area contributed by atoms with Crippen LogP contribution < -0.4 is 9.64 Å². The molecule has 1 fully saturated rings. The lowest BCUT2D eigenvalue weighted by molar-refractivity contribution is -0.383. The summed E-state index contributed by atoms with van der Waals surface area (Å²) in [7, 11) is 0. The molecule has 2 aromatic carbocycles. The Morgan fingerprint density at radius 1 is 1.07 bits per heavy atom. The maximum atomic E-state index is 13.0. The zero-order valence-electron chi connectivity index (χ0n) is 14.5. The fraction of sp³-hybridized carbons (Fsp3) is 0.250. The van der Waals surface area contributed by atoms with Gasteiger partial charge in [-0.05, 0) is 36.4 Å². The lowest BCUT2D eigenvalue weighted by Crippen LogP contribution is -2.38. The molecule has 0 bridgehead atoms. The van der Waals surface area contributed by atoms with Crippen molar-refractivity contribution >= 4 is 22.1 Å². The molecule has 27 heavy (non-hydrogen) atoms. The van der Waals surface area contributed by atoms with Crippen LogP contribution in [-0.4, -0.2) is 29.1 Å². The van der Waals surface area contributed by atoms with E-state index in [1.165, 1.54) is 12.1 Å². The third-order valence-electron chi connectivity index (χ3n) is 4.87. The van der Waals surface area contributed by atoms with E-state index in [1.807, 2.05) is 12.1 Å². The molecule has 0 amide bonds. The van der Waals surface area contributed by atoms with Gasteiger partial charge in [0.2, 0.25) is 0 Å². The van der Waals surface area contributed by atoms with Crippen LogP contribution in [0.15, 0.2) is 54.9 Å². The number of nitro benzene ring substituents is 1. The molecule has 0 radical (unpaired) electrons. The summed E-state index contributed by atoms with van der Waals surface area (Å²) in [5.41, 5.74) is 1.04. The van der Waals surface area contributed by atoms with E-state index in [-0.39, 0.29) is 22.5 Å². The largest absolute Gasteiger partial charge is 0.490 e. The van der Waals surface area contributed by atoms with Crippen molar-refractivity contribution in [2.45, 2.75) is 18.9 Å². The molecule has 1 aromatic heterocycles. The van der Waals surface area contributed by atoms with Crippen molar-refractivity contribution in [3.8, 4) is 5.75 Å². The van der Waals surface area contributed by atoms with Crippen molar-refractivity contribution in [1.82, 2.24) is 4.98 Å². The minimum absolute atomic E-state index is 0.0661. The highest BCUT2D eigenvalue weighted by Gasteiger charge is 2.23. The maximum absolute atomic E-state index is 13.0. The standard InChI is InChI=1S/C20H18FN3O3/c21-14-1-3-15(4-2-14)27-16-8-11-23(12-9-16)19-5-6-20(24(25)26)18-13-22-10-7-17(18)19/h1-7,10,13,16H,8-9,11-12H2. The normalized spacial score (nSPS) is 15.1. The van der Waals surface area contributed by atoms with Gasteiger partial charge in [-0.2, -0.15) is 0 Å². The highest BCUT2D eigenvalue weighted by atomic mass is 19.1. The molecule has 3 aromatic rings. The average molecular weight is 367 g/mol. The molecular weight excluding hydrogens is 349 g/mol. The minimum Gasteiger partial charge on any atom is -0.490 e. The molecule has 2 heterocycles. The van der Waals surface area contributed by atoms with E-state index in [2.05, 4.69) is 9.88 Å². The lowest BCUT2D eigenvalue weighted by atomic mass is 10.0. The van der Waals surface area contributed by atoms with Crippen LogP contribution in [0.3, 0.4) is 0 Å². The Balaban J connectivity index is 1.50. The molecule has 1 aliphatic rings. The summed E-state index contributed by atoms with van der Waals surface area (Å²) in [6.07, 6.45) is 4.90. The smallest absolute Gasteiger partial charge is 0.278 e. The SMILES string of the molecule is O=[N+]([O-])c1ccc(N2CCC(Oc3ccc(F)cc3)CC2)c2ccncc12. The Morgan fingerprint density at radius 2 is 1.81 bits per heavy atom. The van der Waals surface area contributed by atoms with E-state index in [0.29, 0.717) is 11.1 Å². The molecule has 138 valence electrons. The Morgan fingerprint density at radius 3 is 2.52 bits per heavy atom. The second kappa shape index (κ2) is 7.19. The number of nitrogens with zero attached hydrogens (tertiary/aromatic N) is 3. The van der Waals surface area contributed by atoms with Crippen LogP contribution in [-0.2, 0) is 0 Å². The second-order valence-corrected chi connectivity index (χ2v) is 6.54. The van der Waals surface area contributed by atoms with E-state index in [9.17, 15) is 14.5 Å². The predicted molar refractivity (Wildman–Crippen MR) is 101 cm³/mol. The van der Waals surface area contributed by atoms with Crippen molar-refractivity contribution < 1.29 is 14.1 Å². The first-order chi connectivity index (χ1) is 13.1. The van der Waals surface area contributed by atoms with Crippen molar-refractivity contribution in [3.63, 3.8) is 0 Å². The van der Waals surface area contributed by atoms with Crippen LogP contribution in [0.1, 0.15) is 12.8 Å². The number of aromatic nitrogens is 1. The Labute approximate surface area is 155 Å². The Hall–Kier alpha value is -3.22. The molecule has 0 saturated carbocycles. The second-order valence-electron chi connectivity index (χ2n) is 6.54. The predicted octanol–water partition coefficient (Wildman–Crippen LogP) is 4.33. The van der Waals surface area contributed by atoms with E-state index in [1.54, 1.807) is 30.6 Å². The number of pyridine rings is 1. The fourth-order valence-electron chi connectivity index (χ4n) is 3.51. The van der Waals surface area contributed by atoms with Crippen LogP contribution in [0.5, 0.6) is 5.75 Å². The molecule has 0 unspecified atom stereocenters. The third-order valence-corrected chi connectivity index (χ3v) is 4.87. The van der Waals surface area contributed by atoms with Gasteiger partial charge in [0.15, 0.2) is 0 Å². The highest BCUT2D eigenvalue weighted by molar-refractivity contribution is 5.99. The van der Waals surface area contributed by atoms with Gasteiger partial charge in [0.05, 0.1) is 10.3 Å². The highest BCUT2D eigenvalue weighted by Crippen LogP contribution is 2.34. The number of rotatable bonds is 4. The first-order valence-electron chi connectivity index (χ1n) is 8.80. The molecule has 7 heteroatoms. The molecule has 1 aliphatic heterocycles. The molecule has 4 rings (SSSR count). The number of anilines is 1. The number of hydrogen-bond acceptors (Lipinski definition) is 5. The third kappa shape index (κ3) is 3.53. The summed E-state index contributed by atoms with van der Waals surface area (Å²) in [6.45, 7) is 1.56. The van der Waals surface area contributed by atoms with Crippen LogP contribution in [0, 0.1) is 15.9 Å². The summed E-state index contributed by atoms with van der Waals surface area (Å²) in [5, 5.41) is 12.6. The average Bonchev–Trinajstić information content (AvgIpc) is 2.69. The van der Waals surface area contributed by atoms with Crippen LogP contribution >= 0.6 is 0 Å². The van der Waals surface area contributed by atoms with Gasteiger partial charge >= 0.3 is 0 Å². The summed E-state index contributed by atoms with van der Waals surface area (Å²) < 4.78 is 18.9. The molecule has 6 nitrogen and oxygen atoms in total. The Bertz CT molecular complexity index is 970. The monoisotopic (exact) mass is 367 g/mol. The molecule has 0 aliphatic carbocycles. The summed E-state index contributed by atoms with van der Waals surface area (Å²) in [6, 6.07) is 11.2.